The van der Waals surface area contributed by atoms with E-state index in [0.29, 0.717) is 37.0 Å². The first-order valence-corrected chi connectivity index (χ1v) is 13.3. The number of aliphatic carboxylic acids is 1. The molecule has 0 unspecified atom stereocenters. The molecule has 0 saturated carbocycles. The number of carbonyl (C=O) groups is 2. The molecule has 0 spiro atoms. The Morgan fingerprint density at radius 3 is 2.61 bits per heavy atom. The van der Waals surface area contributed by atoms with Gasteiger partial charge in [-0.1, -0.05) is 17.4 Å². The van der Waals surface area contributed by atoms with E-state index in [9.17, 15) is 14.7 Å². The number of likely N-dealkylation sites (tertiary alicyclic amines) is 1. The number of carboxylic acid groups (broad SMARTS) is 1. The second kappa shape index (κ2) is 10.4. The van der Waals surface area contributed by atoms with Gasteiger partial charge in [-0.25, -0.2) is 19.7 Å². The third-order valence-electron chi connectivity index (χ3n) is 6.85. The molecule has 1 aromatic carbocycles. The molecule has 0 aliphatic carbocycles. The summed E-state index contributed by atoms with van der Waals surface area (Å²) < 4.78 is 0.917. The number of hydrogen-bond donors (Lipinski definition) is 3. The van der Waals surface area contributed by atoms with Gasteiger partial charge in [0.15, 0.2) is 5.13 Å². The second-order valence-electron chi connectivity index (χ2n) is 9.71. The first kappa shape index (κ1) is 25.7. The highest BCUT2D eigenvalue weighted by atomic mass is 32.1. The number of fused-ring (bicyclic) bond motifs is 1. The lowest BCUT2D eigenvalue weighted by atomic mass is 10.0. The molecule has 4 heterocycles. The van der Waals surface area contributed by atoms with Gasteiger partial charge in [0.2, 0.25) is 0 Å². The van der Waals surface area contributed by atoms with Crippen LogP contribution in [0, 0.1) is 5.92 Å². The Labute approximate surface area is 224 Å². The Morgan fingerprint density at radius 1 is 1.16 bits per heavy atom. The predicted molar refractivity (Wildman–Crippen MR) is 147 cm³/mol. The number of aromatic nitrogens is 4. The van der Waals surface area contributed by atoms with Crippen molar-refractivity contribution in [2.75, 3.05) is 25.0 Å². The second-order valence-corrected chi connectivity index (χ2v) is 10.7. The minimum Gasteiger partial charge on any atom is -0.481 e. The molecule has 1 atom stereocenters. The Balaban J connectivity index is 1.49. The molecule has 3 N–H and O–H groups in total. The number of anilines is 1. The fourth-order valence-corrected chi connectivity index (χ4v) is 5.63. The van der Waals surface area contributed by atoms with Gasteiger partial charge < -0.3 is 10.4 Å². The summed E-state index contributed by atoms with van der Waals surface area (Å²) in [6.07, 6.45) is 5.95. The fraction of sp³-hybridized carbons (Fsp3) is 0.333. The Morgan fingerprint density at radius 2 is 1.95 bits per heavy atom. The van der Waals surface area contributed by atoms with Gasteiger partial charge in [0.05, 0.1) is 27.4 Å². The quantitative estimate of drug-likeness (QED) is 0.315. The zero-order valence-corrected chi connectivity index (χ0v) is 22.2. The van der Waals surface area contributed by atoms with Crippen LogP contribution in [0.2, 0.25) is 0 Å². The minimum absolute atomic E-state index is 0.301. The van der Waals surface area contributed by atoms with Crippen molar-refractivity contribution >= 4 is 38.7 Å². The molecule has 11 heteroatoms. The predicted octanol–water partition coefficient (Wildman–Crippen LogP) is 4.60. The van der Waals surface area contributed by atoms with Crippen molar-refractivity contribution in [3.05, 3.63) is 54.7 Å². The molecular formula is C27H29N7O3S. The molecule has 5 rings (SSSR count). The number of rotatable bonds is 7. The molecule has 38 heavy (non-hydrogen) atoms. The Kier molecular flexibility index (Phi) is 7.04. The van der Waals surface area contributed by atoms with Crippen LogP contribution < -0.4 is 10.6 Å². The van der Waals surface area contributed by atoms with Crippen molar-refractivity contribution in [1.29, 1.82) is 0 Å². The summed E-state index contributed by atoms with van der Waals surface area (Å²) in [5.74, 6) is -0.485. The lowest BCUT2D eigenvalue weighted by Crippen LogP contribution is -2.41. The normalized spacial score (nSPS) is 16.0. The van der Waals surface area contributed by atoms with E-state index in [1.54, 1.807) is 18.6 Å². The number of nitrogens with one attached hydrogen (secondary N) is 2. The molecule has 1 fully saturated rings. The molecule has 1 saturated heterocycles. The first-order chi connectivity index (χ1) is 18.3. The summed E-state index contributed by atoms with van der Waals surface area (Å²) in [6, 6.07) is 9.45. The van der Waals surface area contributed by atoms with E-state index in [4.69, 9.17) is 0 Å². The number of carbonyl (C=O) groups excluding carboxylic acids is 1. The molecule has 1 aliphatic rings. The average molecular weight is 532 g/mol. The van der Waals surface area contributed by atoms with Crippen LogP contribution in [-0.2, 0) is 10.3 Å². The van der Waals surface area contributed by atoms with Crippen LogP contribution in [0.3, 0.4) is 0 Å². The van der Waals surface area contributed by atoms with Gasteiger partial charge in [0.1, 0.15) is 5.82 Å². The van der Waals surface area contributed by atoms with Gasteiger partial charge in [0.25, 0.3) is 0 Å². The van der Waals surface area contributed by atoms with Crippen LogP contribution in [0.15, 0.2) is 48.9 Å². The summed E-state index contributed by atoms with van der Waals surface area (Å²) in [6.45, 7) is 7.59. The minimum atomic E-state index is -0.759. The van der Waals surface area contributed by atoms with Crippen LogP contribution in [0.25, 0.3) is 32.6 Å². The van der Waals surface area contributed by atoms with Gasteiger partial charge in [-0.2, -0.15) is 0 Å². The summed E-state index contributed by atoms with van der Waals surface area (Å²) in [7, 11) is 0. The Hall–Kier alpha value is -3.96. The fourth-order valence-electron chi connectivity index (χ4n) is 4.67. The molecule has 0 bridgehead atoms. The molecule has 4 aromatic rings. The molecular weight excluding hydrogens is 502 g/mol. The lowest BCUT2D eigenvalue weighted by Gasteiger charge is -2.34. The molecule has 2 amide bonds. The van der Waals surface area contributed by atoms with E-state index in [1.165, 1.54) is 11.3 Å². The number of nitrogens with zero attached hydrogens (tertiary/aromatic N) is 5. The number of urea groups is 1. The number of pyridine rings is 1. The smallest absolute Gasteiger partial charge is 0.321 e. The number of thiazole rings is 1. The van der Waals surface area contributed by atoms with E-state index in [1.807, 2.05) is 51.1 Å². The molecule has 0 radical (unpaired) electrons. The maximum Gasteiger partial charge on any atom is 0.321 e. The van der Waals surface area contributed by atoms with Crippen molar-refractivity contribution in [2.24, 2.45) is 5.92 Å². The van der Waals surface area contributed by atoms with E-state index in [0.717, 1.165) is 32.6 Å². The summed E-state index contributed by atoms with van der Waals surface area (Å²) >= 11 is 1.40. The standard InChI is InChI=1S/C27H29N7O3S/c1-4-28-25(37)33-26-32-21-12-17(11-19(22(21)38-26)20-7-5-6-9-29-20)18-13-30-24(31-14-18)27(2,3)34-10-8-16(15-34)23(35)36/h5-7,9,11-14,16H,4,8,10,15H2,1-3H3,(H,35,36)(H2,28,32,33,37)/t16-/m1/s1. The number of carboxylic acids is 1. The largest absolute Gasteiger partial charge is 0.481 e. The maximum atomic E-state index is 12.1. The van der Waals surface area contributed by atoms with Gasteiger partial charge in [-0.05, 0) is 57.0 Å². The maximum absolute atomic E-state index is 12.1. The van der Waals surface area contributed by atoms with Gasteiger partial charge in [-0.15, -0.1) is 0 Å². The van der Waals surface area contributed by atoms with Crippen molar-refractivity contribution in [1.82, 2.24) is 30.2 Å². The number of benzene rings is 1. The van der Waals surface area contributed by atoms with Crippen molar-refractivity contribution in [2.45, 2.75) is 32.7 Å². The van der Waals surface area contributed by atoms with E-state index >= 15 is 0 Å². The third kappa shape index (κ3) is 5.07. The lowest BCUT2D eigenvalue weighted by molar-refractivity contribution is -0.141. The third-order valence-corrected chi connectivity index (χ3v) is 7.87. The van der Waals surface area contributed by atoms with E-state index in [2.05, 4.69) is 35.5 Å². The summed E-state index contributed by atoms with van der Waals surface area (Å²) in [5.41, 5.74) is 3.64. The highest BCUT2D eigenvalue weighted by Crippen LogP contribution is 2.38. The van der Waals surface area contributed by atoms with E-state index < -0.39 is 11.5 Å². The molecule has 10 nitrogen and oxygen atoms in total. The SMILES string of the molecule is CCNC(=O)Nc1nc2cc(-c3cnc(C(C)(C)N4CC[C@@H](C(=O)O)C4)nc3)cc(-c3ccccn3)c2s1. The molecule has 196 valence electrons. The van der Waals surface area contributed by atoms with E-state index in [-0.39, 0.29) is 11.9 Å². The van der Waals surface area contributed by atoms with Gasteiger partial charge in [0, 0.05) is 49.4 Å². The monoisotopic (exact) mass is 531 g/mol. The zero-order chi connectivity index (χ0) is 26.9. The van der Waals surface area contributed by atoms with Crippen LogP contribution in [-0.4, -0.2) is 61.6 Å². The number of amides is 2. The van der Waals surface area contributed by atoms with Crippen molar-refractivity contribution in [3.63, 3.8) is 0 Å². The van der Waals surface area contributed by atoms with Crippen LogP contribution in [0.4, 0.5) is 9.93 Å². The van der Waals surface area contributed by atoms with Crippen LogP contribution in [0.1, 0.15) is 33.0 Å². The average Bonchev–Trinajstić information content (AvgIpc) is 3.57. The summed E-state index contributed by atoms with van der Waals surface area (Å²) in [5, 5.41) is 15.4. The summed E-state index contributed by atoms with van der Waals surface area (Å²) in [4.78, 5) is 44.2. The number of hydrogen-bond acceptors (Lipinski definition) is 8. The molecule has 1 aliphatic heterocycles. The van der Waals surface area contributed by atoms with Crippen LogP contribution >= 0.6 is 11.3 Å². The first-order valence-electron chi connectivity index (χ1n) is 12.5. The molecule has 3 aromatic heterocycles. The highest BCUT2D eigenvalue weighted by molar-refractivity contribution is 7.22. The van der Waals surface area contributed by atoms with Gasteiger partial charge in [-0.3, -0.25) is 20.0 Å². The van der Waals surface area contributed by atoms with Gasteiger partial charge >= 0.3 is 12.0 Å². The van der Waals surface area contributed by atoms with Crippen molar-refractivity contribution in [3.8, 4) is 22.4 Å². The topological polar surface area (TPSA) is 133 Å². The highest BCUT2D eigenvalue weighted by Gasteiger charge is 2.39. The van der Waals surface area contributed by atoms with Crippen molar-refractivity contribution < 1.29 is 14.7 Å². The zero-order valence-electron chi connectivity index (χ0n) is 21.4. The van der Waals surface area contributed by atoms with Crippen LogP contribution in [0.5, 0.6) is 0 Å². The Bertz CT molecular complexity index is 1470.